The number of hydrogen-bond acceptors (Lipinski definition) is 6. The van der Waals surface area contributed by atoms with Crippen molar-refractivity contribution in [1.29, 1.82) is 5.26 Å². The van der Waals surface area contributed by atoms with E-state index in [1.54, 1.807) is 30.4 Å². The van der Waals surface area contributed by atoms with E-state index in [2.05, 4.69) is 5.32 Å². The minimum absolute atomic E-state index is 0.180. The molecule has 0 saturated heterocycles. The zero-order valence-corrected chi connectivity index (χ0v) is 10.3. The van der Waals surface area contributed by atoms with Crippen LogP contribution < -0.4 is 5.32 Å². The van der Waals surface area contributed by atoms with Gasteiger partial charge in [0.25, 0.3) is 0 Å². The zero-order valence-electron chi connectivity index (χ0n) is 8.68. The Morgan fingerprint density at radius 2 is 2.19 bits per heavy atom. The lowest BCUT2D eigenvalue weighted by Gasteiger charge is -2.24. The van der Waals surface area contributed by atoms with Crippen molar-refractivity contribution in [3.8, 4) is 6.07 Å². The third-order valence-corrected chi connectivity index (χ3v) is 4.88. The summed E-state index contributed by atoms with van der Waals surface area (Å²) in [7, 11) is -0.282. The Morgan fingerprint density at radius 1 is 1.50 bits per heavy atom. The summed E-state index contributed by atoms with van der Waals surface area (Å²) < 4.78 is 24.1. The van der Waals surface area contributed by atoms with Crippen molar-refractivity contribution in [2.24, 2.45) is 0 Å². The Kier molecular flexibility index (Phi) is 2.40. The maximum atomic E-state index is 12.1. The molecule has 1 aliphatic rings. The summed E-state index contributed by atoms with van der Waals surface area (Å²) in [6.45, 7) is 0. The molecule has 1 N–H and O–H groups in total. The van der Waals surface area contributed by atoms with E-state index in [9.17, 15) is 8.42 Å². The second-order valence-corrected chi connectivity index (χ2v) is 6.20. The number of rotatable bonds is 1. The molecule has 0 atom stereocenters. The Hall–Kier alpha value is -1.52. The number of allylic oxidation sites excluding steroid dienone is 1. The molecule has 0 amide bonds. The lowest BCUT2D eigenvalue weighted by Crippen LogP contribution is -2.26. The maximum Gasteiger partial charge on any atom is 0.223 e. The average molecular weight is 255 g/mol. The first kappa shape index (κ1) is 11.0. The molecule has 1 aromatic rings. The molecule has 1 aliphatic heterocycles. The Labute approximate surface area is 97.5 Å². The van der Waals surface area contributed by atoms with Crippen LogP contribution in [0.2, 0.25) is 0 Å². The first-order valence-electron chi connectivity index (χ1n) is 4.40. The van der Waals surface area contributed by atoms with E-state index in [0.717, 1.165) is 0 Å². The van der Waals surface area contributed by atoms with Gasteiger partial charge in [0.2, 0.25) is 9.84 Å². The summed E-state index contributed by atoms with van der Waals surface area (Å²) in [6.07, 6.45) is 0. The second kappa shape index (κ2) is 3.50. The predicted molar refractivity (Wildman–Crippen MR) is 61.5 cm³/mol. The fourth-order valence-corrected chi connectivity index (χ4v) is 4.04. The summed E-state index contributed by atoms with van der Waals surface area (Å²) in [6, 6.07) is 3.25. The number of sulfone groups is 1. The number of nitrogens with zero attached hydrogens (tertiary/aromatic N) is 2. The first-order valence-corrected chi connectivity index (χ1v) is 6.76. The molecule has 0 aromatic carbocycles. The lowest BCUT2D eigenvalue weighted by atomic mass is 10.5. The summed E-state index contributed by atoms with van der Waals surface area (Å²) >= 11 is 1.30. The molecule has 1 aromatic heterocycles. The molecular weight excluding hydrogens is 246 g/mol. The van der Waals surface area contributed by atoms with Gasteiger partial charge in [0, 0.05) is 14.1 Å². The molecule has 0 unspecified atom stereocenters. The number of nitriles is 1. The SMILES string of the molecule is CN(C)C1=C(C#N)S(=O)(=O)c2ccsc2N1. The minimum Gasteiger partial charge on any atom is -0.363 e. The van der Waals surface area contributed by atoms with E-state index in [4.69, 9.17) is 5.26 Å². The van der Waals surface area contributed by atoms with E-state index < -0.39 is 9.84 Å². The smallest absolute Gasteiger partial charge is 0.223 e. The molecule has 2 heterocycles. The zero-order chi connectivity index (χ0) is 11.9. The van der Waals surface area contributed by atoms with Gasteiger partial charge in [-0.25, -0.2) is 8.42 Å². The van der Waals surface area contributed by atoms with Crippen molar-refractivity contribution in [3.63, 3.8) is 0 Å². The lowest BCUT2D eigenvalue weighted by molar-refractivity contribution is 0.513. The standard InChI is InChI=1S/C9H9N3O2S2/c1-12(2)8-7(5-10)16(13,14)6-3-4-15-9(6)11-8/h3-4,11H,1-2H3. The van der Waals surface area contributed by atoms with Gasteiger partial charge >= 0.3 is 0 Å². The highest BCUT2D eigenvalue weighted by molar-refractivity contribution is 7.96. The predicted octanol–water partition coefficient (Wildman–Crippen LogP) is 1.20. The molecule has 2 rings (SSSR count). The van der Waals surface area contributed by atoms with E-state index in [-0.39, 0.29) is 9.80 Å². The summed E-state index contributed by atoms with van der Waals surface area (Å²) in [5.41, 5.74) is 0. The van der Waals surface area contributed by atoms with E-state index >= 15 is 0 Å². The van der Waals surface area contributed by atoms with E-state index in [1.807, 2.05) is 0 Å². The van der Waals surface area contributed by atoms with Gasteiger partial charge < -0.3 is 10.2 Å². The number of hydrogen-bond donors (Lipinski definition) is 1. The normalized spacial score (nSPS) is 17.3. The topological polar surface area (TPSA) is 73.2 Å². The first-order chi connectivity index (χ1) is 7.48. The van der Waals surface area contributed by atoms with Gasteiger partial charge in [-0.3, -0.25) is 0 Å². The second-order valence-electron chi connectivity index (χ2n) is 3.43. The van der Waals surface area contributed by atoms with Crippen LogP contribution in [-0.2, 0) is 9.84 Å². The molecule has 0 bridgehead atoms. The van der Waals surface area contributed by atoms with Gasteiger partial charge in [-0.1, -0.05) is 0 Å². The van der Waals surface area contributed by atoms with Crippen molar-refractivity contribution < 1.29 is 8.42 Å². The van der Waals surface area contributed by atoms with Crippen molar-refractivity contribution >= 4 is 26.2 Å². The third-order valence-electron chi connectivity index (χ3n) is 2.18. The van der Waals surface area contributed by atoms with Crippen LogP contribution in [0.25, 0.3) is 0 Å². The molecule has 0 fully saturated rings. The van der Waals surface area contributed by atoms with Crippen LogP contribution >= 0.6 is 11.3 Å². The molecule has 7 heteroatoms. The van der Waals surface area contributed by atoms with Gasteiger partial charge in [-0.05, 0) is 11.4 Å². The van der Waals surface area contributed by atoms with Crippen LogP contribution in [0.4, 0.5) is 5.00 Å². The van der Waals surface area contributed by atoms with Crippen LogP contribution in [0.15, 0.2) is 27.1 Å². The quantitative estimate of drug-likeness (QED) is 0.816. The van der Waals surface area contributed by atoms with Crippen LogP contribution in [0.5, 0.6) is 0 Å². The van der Waals surface area contributed by atoms with Crippen molar-refractivity contribution in [1.82, 2.24) is 4.90 Å². The molecule has 0 aliphatic carbocycles. The molecule has 16 heavy (non-hydrogen) atoms. The van der Waals surface area contributed by atoms with Gasteiger partial charge in [0.05, 0.1) is 0 Å². The van der Waals surface area contributed by atoms with Gasteiger partial charge in [0.15, 0.2) is 4.91 Å². The van der Waals surface area contributed by atoms with Crippen molar-refractivity contribution in [3.05, 3.63) is 22.2 Å². The van der Waals surface area contributed by atoms with Crippen LogP contribution in [0.1, 0.15) is 0 Å². The summed E-state index contributed by atoms with van der Waals surface area (Å²) in [5.74, 6) is 0.317. The van der Waals surface area contributed by atoms with Crippen LogP contribution in [0, 0.1) is 11.3 Å². The molecule has 0 saturated carbocycles. The van der Waals surface area contributed by atoms with Crippen molar-refractivity contribution in [2.45, 2.75) is 4.90 Å². The summed E-state index contributed by atoms with van der Waals surface area (Å²) in [4.78, 5) is 1.53. The van der Waals surface area contributed by atoms with Gasteiger partial charge in [0.1, 0.15) is 21.8 Å². The third kappa shape index (κ3) is 1.38. The molecule has 0 radical (unpaired) electrons. The molecular formula is C9H9N3O2S2. The van der Waals surface area contributed by atoms with E-state index in [0.29, 0.717) is 10.8 Å². The fraction of sp³-hybridized carbons (Fsp3) is 0.222. The Balaban J connectivity index is 2.74. The monoisotopic (exact) mass is 255 g/mol. The number of thiophene rings is 1. The molecule has 0 spiro atoms. The van der Waals surface area contributed by atoms with E-state index in [1.165, 1.54) is 17.4 Å². The number of anilines is 1. The number of fused-ring (bicyclic) bond motifs is 1. The van der Waals surface area contributed by atoms with Gasteiger partial charge in [-0.2, -0.15) is 5.26 Å². The van der Waals surface area contributed by atoms with Crippen molar-refractivity contribution in [2.75, 3.05) is 19.4 Å². The maximum absolute atomic E-state index is 12.1. The van der Waals surface area contributed by atoms with Gasteiger partial charge in [-0.15, -0.1) is 11.3 Å². The summed E-state index contributed by atoms with van der Waals surface area (Å²) in [5, 5.41) is 14.2. The van der Waals surface area contributed by atoms with Crippen LogP contribution in [-0.4, -0.2) is 27.4 Å². The number of nitrogens with one attached hydrogen (secondary N) is 1. The highest BCUT2D eigenvalue weighted by Crippen LogP contribution is 2.38. The fourth-order valence-electron chi connectivity index (χ4n) is 1.43. The molecule has 84 valence electrons. The largest absolute Gasteiger partial charge is 0.363 e. The molecule has 5 nitrogen and oxygen atoms in total. The minimum atomic E-state index is -3.66. The van der Waals surface area contributed by atoms with Crippen LogP contribution in [0.3, 0.4) is 0 Å². The highest BCUT2D eigenvalue weighted by atomic mass is 32.2. The Morgan fingerprint density at radius 3 is 2.75 bits per heavy atom. The highest BCUT2D eigenvalue weighted by Gasteiger charge is 2.34. The average Bonchev–Trinajstić information content (AvgIpc) is 2.65. The Bertz CT molecular complexity index is 605.